The van der Waals surface area contributed by atoms with Gasteiger partial charge in [-0.25, -0.2) is 0 Å². The summed E-state index contributed by atoms with van der Waals surface area (Å²) in [5.41, 5.74) is 0. The van der Waals surface area contributed by atoms with Crippen LogP contribution < -0.4 is 0 Å². The molecule has 0 N–H and O–H groups in total. The molecule has 3 heteroatoms. The molecule has 0 bridgehead atoms. The first-order valence-corrected chi connectivity index (χ1v) is 5.83. The number of hydrogen-bond acceptors (Lipinski definition) is 2. The van der Waals surface area contributed by atoms with Crippen LogP contribution in [0.1, 0.15) is 39.5 Å². The second-order valence-electron chi connectivity index (χ2n) is 1.79. The molecular formula is C8H18O2Zr-2. The van der Waals surface area contributed by atoms with Crippen molar-refractivity contribution in [2.45, 2.75) is 39.5 Å². The molecule has 0 aliphatic carbocycles. The molecule has 2 nitrogen and oxygen atoms in total. The van der Waals surface area contributed by atoms with E-state index in [1.165, 1.54) is 12.8 Å². The Morgan fingerprint density at radius 1 is 1.00 bits per heavy atom. The van der Waals surface area contributed by atoms with Gasteiger partial charge in [-0.1, -0.05) is 26.7 Å². The van der Waals surface area contributed by atoms with Gasteiger partial charge in [-0.15, -0.1) is 0 Å². The van der Waals surface area contributed by atoms with Crippen molar-refractivity contribution in [2.75, 3.05) is 0 Å². The molecule has 0 radical (unpaired) electrons. The fraction of sp³-hybridized carbons (Fsp3) is 0.750. The fourth-order valence-electron chi connectivity index (χ4n) is 0. The van der Waals surface area contributed by atoms with Crippen molar-refractivity contribution < 1.29 is 28.9 Å². The molecule has 0 aliphatic rings. The van der Waals surface area contributed by atoms with Gasteiger partial charge in [0.25, 0.3) is 0 Å². The van der Waals surface area contributed by atoms with Crippen LogP contribution in [0.4, 0.5) is 0 Å². The van der Waals surface area contributed by atoms with Crippen LogP contribution in [-0.2, 0) is 28.9 Å². The quantitative estimate of drug-likeness (QED) is 0.692. The summed E-state index contributed by atoms with van der Waals surface area (Å²) in [6.07, 6.45) is 4.56. The fourth-order valence-corrected chi connectivity index (χ4v) is 0. The number of unbranched alkanes of at least 4 members (excludes halogenated alkanes) is 2. The molecule has 0 unspecified atom stereocenters. The average Bonchev–Trinajstić information content (AvgIpc) is 2.06. The van der Waals surface area contributed by atoms with E-state index in [0.29, 0.717) is 0 Å². The first-order valence-electron chi connectivity index (χ1n) is 3.82. The van der Waals surface area contributed by atoms with Gasteiger partial charge in [0.1, 0.15) is 0 Å². The molecule has 0 spiro atoms. The van der Waals surface area contributed by atoms with Crippen LogP contribution in [-0.4, -0.2) is 0 Å². The third-order valence-corrected chi connectivity index (χ3v) is 0.707. The average molecular weight is 237 g/mol. The van der Waals surface area contributed by atoms with Gasteiger partial charge in [0.2, 0.25) is 0 Å². The maximum atomic E-state index is 8.54. The Morgan fingerprint density at radius 3 is 1.09 bits per heavy atom. The Bertz CT molecular complexity index is 60.5. The Kier molecular flexibility index (Phi) is 50.0. The van der Waals surface area contributed by atoms with E-state index in [0.717, 1.165) is 12.8 Å². The zero-order valence-electron chi connectivity index (χ0n) is 7.56. The third-order valence-electron chi connectivity index (χ3n) is 0.707. The molecule has 0 fully saturated rings. The Hall–Kier alpha value is 0.483. The van der Waals surface area contributed by atoms with Crippen molar-refractivity contribution in [3.8, 4) is 0 Å². The van der Waals surface area contributed by atoms with Gasteiger partial charge in [0, 0.05) is 0 Å². The van der Waals surface area contributed by atoms with Crippen molar-refractivity contribution >= 4 is 0 Å². The summed E-state index contributed by atoms with van der Waals surface area (Å²) in [5, 5.41) is 0. The predicted octanol–water partition coefficient (Wildman–Crippen LogP) is 3.00. The van der Waals surface area contributed by atoms with Gasteiger partial charge in [-0.2, -0.15) is 12.8 Å². The van der Waals surface area contributed by atoms with Crippen LogP contribution in [0.25, 0.3) is 0 Å². The Morgan fingerprint density at radius 2 is 1.09 bits per heavy atom. The van der Waals surface area contributed by atoms with Crippen molar-refractivity contribution in [3.63, 3.8) is 0 Å². The van der Waals surface area contributed by atoms with E-state index in [4.69, 9.17) is 5.63 Å². The summed E-state index contributed by atoms with van der Waals surface area (Å²) in [5.74, 6) is 0. The van der Waals surface area contributed by atoms with E-state index < -0.39 is 23.2 Å². The van der Waals surface area contributed by atoms with Crippen LogP contribution in [0.3, 0.4) is 0 Å². The Balaban J connectivity index is -0.0000000886. The van der Waals surface area contributed by atoms with Crippen LogP contribution in [0.15, 0.2) is 0 Å². The van der Waals surface area contributed by atoms with Crippen LogP contribution in [0.2, 0.25) is 0 Å². The maximum absolute atomic E-state index is 8.54. The molecule has 0 aliphatic heterocycles. The number of hydrogen-bond donors (Lipinski definition) is 0. The van der Waals surface area contributed by atoms with E-state index in [1.807, 2.05) is 0 Å². The topological polar surface area (TPSA) is 34.1 Å². The molecule has 0 heterocycles. The van der Waals surface area contributed by atoms with Gasteiger partial charge in [0.15, 0.2) is 0 Å². The predicted molar refractivity (Wildman–Crippen MR) is 41.9 cm³/mol. The van der Waals surface area contributed by atoms with Crippen molar-refractivity contribution in [1.29, 1.82) is 0 Å². The molecule has 0 saturated carbocycles. The first-order chi connectivity index (χ1) is 5.24. The normalized spacial score (nSPS) is 6.18. The summed E-state index contributed by atoms with van der Waals surface area (Å²) >= 11 is -2.27. The minimum absolute atomic E-state index is 1.07. The molecule has 68 valence electrons. The standard InChI is InChI=1S/2C4H9.2O.Zr/c2*1-3-4-2;;;/h2*1,3-4H2,2H3;;;/q2*-1;;;. The molecule has 0 rings (SSSR count). The Labute approximate surface area is 82.2 Å². The summed E-state index contributed by atoms with van der Waals surface area (Å²) in [6.45, 7) is 11.4. The second kappa shape index (κ2) is 31.4. The molecule has 0 aromatic rings. The monoisotopic (exact) mass is 236 g/mol. The summed E-state index contributed by atoms with van der Waals surface area (Å²) < 4.78 is 17.1. The summed E-state index contributed by atoms with van der Waals surface area (Å²) in [6, 6.07) is 0. The number of rotatable bonds is 2. The molecule has 11 heavy (non-hydrogen) atoms. The van der Waals surface area contributed by atoms with Gasteiger partial charge in [0.05, 0.1) is 0 Å². The van der Waals surface area contributed by atoms with Crippen LogP contribution >= 0.6 is 0 Å². The first kappa shape index (κ1) is 17.5. The van der Waals surface area contributed by atoms with Gasteiger partial charge >= 0.3 is 28.9 Å². The van der Waals surface area contributed by atoms with Crippen LogP contribution in [0.5, 0.6) is 0 Å². The van der Waals surface area contributed by atoms with Crippen LogP contribution in [0, 0.1) is 13.8 Å². The summed E-state index contributed by atoms with van der Waals surface area (Å²) in [4.78, 5) is 0. The second-order valence-corrected chi connectivity index (χ2v) is 2.20. The minimum atomic E-state index is -2.27. The molecule has 0 saturated heterocycles. The molecule has 0 atom stereocenters. The van der Waals surface area contributed by atoms with E-state index in [2.05, 4.69) is 27.7 Å². The van der Waals surface area contributed by atoms with Gasteiger partial charge in [-0.3, -0.25) is 0 Å². The molecule has 0 amide bonds. The molecule has 0 aromatic heterocycles. The zero-order valence-corrected chi connectivity index (χ0v) is 10.0. The SMILES string of the molecule is [CH2-]CCC.[CH2-]CCC.[O]=[Zr]=[O]. The van der Waals surface area contributed by atoms with E-state index >= 15 is 0 Å². The van der Waals surface area contributed by atoms with E-state index in [-0.39, 0.29) is 0 Å². The molecular weight excluding hydrogens is 219 g/mol. The van der Waals surface area contributed by atoms with E-state index in [9.17, 15) is 0 Å². The van der Waals surface area contributed by atoms with Crippen molar-refractivity contribution in [2.24, 2.45) is 0 Å². The third kappa shape index (κ3) is 122. The van der Waals surface area contributed by atoms with E-state index in [1.54, 1.807) is 0 Å². The van der Waals surface area contributed by atoms with Crippen molar-refractivity contribution in [1.82, 2.24) is 0 Å². The van der Waals surface area contributed by atoms with Gasteiger partial charge < -0.3 is 13.8 Å². The van der Waals surface area contributed by atoms with Crippen molar-refractivity contribution in [3.05, 3.63) is 13.8 Å². The molecule has 0 aromatic carbocycles. The summed E-state index contributed by atoms with van der Waals surface area (Å²) in [7, 11) is 0. The van der Waals surface area contributed by atoms with Gasteiger partial charge in [-0.05, 0) is 0 Å². The zero-order chi connectivity index (χ0) is 9.54.